The number of sulfone groups is 1. The Kier molecular flexibility index (Phi) is 4.80. The molecular formula is C11H11FN2O3S. The molecule has 1 amide bonds. The Hall–Kier alpha value is -1.94. The van der Waals surface area contributed by atoms with E-state index in [2.05, 4.69) is 5.32 Å². The number of amides is 1. The summed E-state index contributed by atoms with van der Waals surface area (Å²) in [5.41, 5.74) is 0.317. The number of nitrogens with zero attached hydrogens (tertiary/aromatic N) is 1. The normalized spacial score (nSPS) is 10.7. The number of carbonyl (C=O) groups is 1. The van der Waals surface area contributed by atoms with E-state index in [9.17, 15) is 17.6 Å². The molecule has 96 valence electrons. The highest BCUT2D eigenvalue weighted by atomic mass is 32.2. The van der Waals surface area contributed by atoms with Gasteiger partial charge in [0.15, 0.2) is 9.84 Å². The van der Waals surface area contributed by atoms with Gasteiger partial charge in [-0.15, -0.1) is 0 Å². The molecule has 1 N–H and O–H groups in total. The summed E-state index contributed by atoms with van der Waals surface area (Å²) >= 11 is 0. The summed E-state index contributed by atoms with van der Waals surface area (Å²) in [5, 5.41) is 10.6. The number of benzene rings is 1. The minimum atomic E-state index is -3.58. The van der Waals surface area contributed by atoms with Gasteiger partial charge in [-0.2, -0.15) is 5.26 Å². The van der Waals surface area contributed by atoms with Crippen LogP contribution in [0.25, 0.3) is 0 Å². The summed E-state index contributed by atoms with van der Waals surface area (Å²) in [4.78, 5) is 11.4. The third-order valence-corrected chi connectivity index (χ3v) is 3.53. The molecule has 0 saturated heterocycles. The Morgan fingerprint density at radius 1 is 1.33 bits per heavy atom. The molecule has 1 rings (SSSR count). The predicted octanol–water partition coefficient (Wildman–Crippen LogP) is 1.09. The van der Waals surface area contributed by atoms with Gasteiger partial charge < -0.3 is 5.32 Å². The van der Waals surface area contributed by atoms with E-state index in [1.54, 1.807) is 6.07 Å². The van der Waals surface area contributed by atoms with Gasteiger partial charge in [-0.3, -0.25) is 4.79 Å². The van der Waals surface area contributed by atoms with E-state index in [-0.39, 0.29) is 12.2 Å². The molecule has 0 aromatic heterocycles. The summed E-state index contributed by atoms with van der Waals surface area (Å²) in [6, 6.07) is 6.66. The Morgan fingerprint density at radius 2 is 1.94 bits per heavy atom. The number of nitriles is 1. The number of hydrogen-bond acceptors (Lipinski definition) is 4. The second kappa shape index (κ2) is 6.12. The Labute approximate surface area is 104 Å². The first-order valence-corrected chi connectivity index (χ1v) is 6.88. The lowest BCUT2D eigenvalue weighted by Gasteiger charge is -2.05. The number of nitrogens with one attached hydrogen (secondary N) is 1. The maximum absolute atomic E-state index is 12.6. The van der Waals surface area contributed by atoms with E-state index in [4.69, 9.17) is 5.26 Å². The van der Waals surface area contributed by atoms with Crippen molar-refractivity contribution >= 4 is 21.4 Å². The van der Waals surface area contributed by atoms with E-state index in [1.165, 1.54) is 12.1 Å². The van der Waals surface area contributed by atoms with Gasteiger partial charge >= 0.3 is 0 Å². The number of carbonyl (C=O) groups excluding carboxylic acids is 1. The average molecular weight is 270 g/mol. The van der Waals surface area contributed by atoms with Crippen LogP contribution in [0.15, 0.2) is 24.3 Å². The zero-order valence-corrected chi connectivity index (χ0v) is 10.2. The average Bonchev–Trinajstić information content (AvgIpc) is 2.29. The van der Waals surface area contributed by atoms with Crippen LogP contribution in [0.5, 0.6) is 0 Å². The highest BCUT2D eigenvalue weighted by Crippen LogP contribution is 2.08. The Balaban J connectivity index is 2.57. The van der Waals surface area contributed by atoms with Gasteiger partial charge in [-0.1, -0.05) is 0 Å². The van der Waals surface area contributed by atoms with Crippen LogP contribution in [0.3, 0.4) is 0 Å². The number of halogens is 1. The molecule has 1 aromatic rings. The van der Waals surface area contributed by atoms with Crippen LogP contribution in [0, 0.1) is 17.1 Å². The smallest absolute Gasteiger partial charge is 0.239 e. The lowest BCUT2D eigenvalue weighted by atomic mass is 10.3. The van der Waals surface area contributed by atoms with Crippen molar-refractivity contribution < 1.29 is 17.6 Å². The van der Waals surface area contributed by atoms with Crippen molar-refractivity contribution in [1.82, 2.24) is 0 Å². The standard InChI is InChI=1S/C11H11FN2O3S/c12-9-2-4-10(5-3-9)14-11(15)8-18(16,17)7-1-6-13/h2-5H,1,7-8H2,(H,14,15). The fraction of sp³-hybridized carbons (Fsp3) is 0.273. The van der Waals surface area contributed by atoms with Crippen molar-refractivity contribution in [2.24, 2.45) is 0 Å². The van der Waals surface area contributed by atoms with Gasteiger partial charge in [0.25, 0.3) is 0 Å². The molecule has 0 aliphatic heterocycles. The third kappa shape index (κ3) is 4.93. The maximum Gasteiger partial charge on any atom is 0.239 e. The molecule has 0 radical (unpaired) electrons. The van der Waals surface area contributed by atoms with Gasteiger partial charge in [0.1, 0.15) is 11.6 Å². The largest absolute Gasteiger partial charge is 0.325 e. The Morgan fingerprint density at radius 3 is 2.50 bits per heavy atom. The lowest BCUT2D eigenvalue weighted by Crippen LogP contribution is -2.24. The van der Waals surface area contributed by atoms with Gasteiger partial charge in [-0.25, -0.2) is 12.8 Å². The van der Waals surface area contributed by atoms with Crippen molar-refractivity contribution in [3.63, 3.8) is 0 Å². The van der Waals surface area contributed by atoms with Gasteiger partial charge in [0, 0.05) is 12.1 Å². The molecule has 5 nitrogen and oxygen atoms in total. The zero-order chi connectivity index (χ0) is 13.6. The van der Waals surface area contributed by atoms with E-state index >= 15 is 0 Å². The molecule has 1 aromatic carbocycles. The van der Waals surface area contributed by atoms with Crippen LogP contribution in [0.1, 0.15) is 6.42 Å². The van der Waals surface area contributed by atoms with Crippen molar-refractivity contribution in [3.05, 3.63) is 30.1 Å². The molecule has 0 atom stereocenters. The van der Waals surface area contributed by atoms with E-state index < -0.39 is 27.3 Å². The summed E-state index contributed by atoms with van der Waals surface area (Å²) in [7, 11) is -3.58. The molecule has 0 aliphatic rings. The first-order valence-electron chi connectivity index (χ1n) is 5.06. The van der Waals surface area contributed by atoms with Crippen LogP contribution in [-0.4, -0.2) is 25.8 Å². The van der Waals surface area contributed by atoms with E-state index in [0.717, 1.165) is 12.1 Å². The Bertz CT molecular complexity index is 561. The topological polar surface area (TPSA) is 87.0 Å². The number of rotatable bonds is 5. The molecule has 0 bridgehead atoms. The van der Waals surface area contributed by atoms with Gasteiger partial charge in [-0.05, 0) is 24.3 Å². The summed E-state index contributed by atoms with van der Waals surface area (Å²) < 4.78 is 35.3. The van der Waals surface area contributed by atoms with Gasteiger partial charge in [0.05, 0.1) is 11.8 Å². The van der Waals surface area contributed by atoms with Crippen LogP contribution >= 0.6 is 0 Å². The van der Waals surface area contributed by atoms with Crippen molar-refractivity contribution in [1.29, 1.82) is 5.26 Å². The maximum atomic E-state index is 12.6. The highest BCUT2D eigenvalue weighted by molar-refractivity contribution is 7.92. The SMILES string of the molecule is N#CCCS(=O)(=O)CC(=O)Nc1ccc(F)cc1. The molecule has 0 heterocycles. The van der Waals surface area contributed by atoms with Crippen molar-refractivity contribution in [3.8, 4) is 6.07 Å². The fourth-order valence-electron chi connectivity index (χ4n) is 1.20. The molecule has 0 fully saturated rings. The minimum absolute atomic E-state index is 0.147. The quantitative estimate of drug-likeness (QED) is 0.867. The van der Waals surface area contributed by atoms with E-state index in [1.807, 2.05) is 0 Å². The monoisotopic (exact) mass is 270 g/mol. The zero-order valence-electron chi connectivity index (χ0n) is 9.39. The van der Waals surface area contributed by atoms with Crippen LogP contribution < -0.4 is 5.32 Å². The van der Waals surface area contributed by atoms with Gasteiger partial charge in [0.2, 0.25) is 5.91 Å². The molecule has 18 heavy (non-hydrogen) atoms. The molecule has 0 unspecified atom stereocenters. The van der Waals surface area contributed by atoms with Crippen LogP contribution in [0.4, 0.5) is 10.1 Å². The van der Waals surface area contributed by atoms with Crippen LogP contribution in [0.2, 0.25) is 0 Å². The fourth-order valence-corrected chi connectivity index (χ4v) is 2.22. The molecule has 0 aliphatic carbocycles. The van der Waals surface area contributed by atoms with E-state index in [0.29, 0.717) is 5.69 Å². The molecule has 7 heteroatoms. The molecule has 0 saturated carbocycles. The highest BCUT2D eigenvalue weighted by Gasteiger charge is 2.16. The summed E-state index contributed by atoms with van der Waals surface area (Å²) in [6.45, 7) is 0. The number of anilines is 1. The van der Waals surface area contributed by atoms with Crippen LogP contribution in [-0.2, 0) is 14.6 Å². The third-order valence-electron chi connectivity index (χ3n) is 2.00. The second-order valence-corrected chi connectivity index (χ2v) is 5.74. The second-order valence-electron chi connectivity index (χ2n) is 3.56. The minimum Gasteiger partial charge on any atom is -0.325 e. The number of hydrogen-bond donors (Lipinski definition) is 1. The summed E-state index contributed by atoms with van der Waals surface area (Å²) in [5.74, 6) is -2.19. The van der Waals surface area contributed by atoms with Crippen molar-refractivity contribution in [2.45, 2.75) is 6.42 Å². The first kappa shape index (κ1) is 14.1. The van der Waals surface area contributed by atoms with Crippen molar-refractivity contribution in [2.75, 3.05) is 16.8 Å². The molecule has 0 spiro atoms. The predicted molar refractivity (Wildman–Crippen MR) is 63.9 cm³/mol. The molecular weight excluding hydrogens is 259 g/mol. The first-order chi connectivity index (χ1) is 8.43. The lowest BCUT2D eigenvalue weighted by molar-refractivity contribution is -0.113. The summed E-state index contributed by atoms with van der Waals surface area (Å²) in [6.07, 6.45) is -0.147.